The van der Waals surface area contributed by atoms with Crippen molar-refractivity contribution in [2.24, 2.45) is 5.92 Å². The monoisotopic (exact) mass is 266 g/mol. The van der Waals surface area contributed by atoms with Crippen LogP contribution in [0.5, 0.6) is 0 Å². The van der Waals surface area contributed by atoms with Gasteiger partial charge in [0.15, 0.2) is 11.6 Å². The average molecular weight is 266 g/mol. The third kappa shape index (κ3) is 3.62. The van der Waals surface area contributed by atoms with Gasteiger partial charge >= 0.3 is 0 Å². The van der Waals surface area contributed by atoms with Crippen LogP contribution in [0.2, 0.25) is 0 Å². The molecule has 0 atom stereocenters. The van der Waals surface area contributed by atoms with Gasteiger partial charge in [0, 0.05) is 6.54 Å². The molecule has 1 fully saturated rings. The van der Waals surface area contributed by atoms with Gasteiger partial charge in [0.2, 0.25) is 0 Å². The second kappa shape index (κ2) is 6.80. The standard InChI is InChI=1S/C14H23FN4/c1-3-12-13(15)14(18-10-17-12)16-9-11-5-7-19(4-2)8-6-11/h10-11H,3-9H2,1-2H3,(H,16,17,18). The van der Waals surface area contributed by atoms with Gasteiger partial charge in [0.1, 0.15) is 6.33 Å². The molecule has 0 spiro atoms. The summed E-state index contributed by atoms with van der Waals surface area (Å²) in [6.07, 6.45) is 4.38. The van der Waals surface area contributed by atoms with E-state index >= 15 is 0 Å². The highest BCUT2D eigenvalue weighted by atomic mass is 19.1. The minimum atomic E-state index is -0.295. The molecule has 19 heavy (non-hydrogen) atoms. The zero-order chi connectivity index (χ0) is 13.7. The molecule has 1 saturated heterocycles. The molecule has 1 aliphatic heterocycles. The summed E-state index contributed by atoms with van der Waals surface area (Å²) < 4.78 is 13.9. The van der Waals surface area contributed by atoms with Gasteiger partial charge in [-0.1, -0.05) is 13.8 Å². The van der Waals surface area contributed by atoms with Gasteiger partial charge in [-0.2, -0.15) is 0 Å². The molecule has 5 heteroatoms. The summed E-state index contributed by atoms with van der Waals surface area (Å²) in [4.78, 5) is 10.4. The predicted molar refractivity (Wildman–Crippen MR) is 74.7 cm³/mol. The van der Waals surface area contributed by atoms with E-state index in [1.165, 1.54) is 19.2 Å². The van der Waals surface area contributed by atoms with Gasteiger partial charge in [-0.25, -0.2) is 14.4 Å². The van der Waals surface area contributed by atoms with Crippen LogP contribution in [0, 0.1) is 11.7 Å². The Labute approximate surface area is 114 Å². The zero-order valence-corrected chi connectivity index (χ0v) is 11.8. The van der Waals surface area contributed by atoms with Crippen molar-refractivity contribution >= 4 is 5.82 Å². The summed E-state index contributed by atoms with van der Waals surface area (Å²) in [5, 5.41) is 3.15. The van der Waals surface area contributed by atoms with E-state index in [4.69, 9.17) is 0 Å². The number of aromatic nitrogens is 2. The Balaban J connectivity index is 1.86. The van der Waals surface area contributed by atoms with E-state index in [9.17, 15) is 4.39 Å². The van der Waals surface area contributed by atoms with E-state index in [0.717, 1.165) is 26.2 Å². The van der Waals surface area contributed by atoms with Crippen molar-refractivity contribution in [3.8, 4) is 0 Å². The number of nitrogens with zero attached hydrogens (tertiary/aromatic N) is 3. The molecule has 0 amide bonds. The van der Waals surface area contributed by atoms with E-state index in [2.05, 4.69) is 27.1 Å². The van der Waals surface area contributed by atoms with Crippen LogP contribution < -0.4 is 5.32 Å². The summed E-state index contributed by atoms with van der Waals surface area (Å²) in [6, 6.07) is 0. The van der Waals surface area contributed by atoms with Crippen molar-refractivity contribution in [1.29, 1.82) is 0 Å². The Morgan fingerprint density at radius 1 is 1.32 bits per heavy atom. The Hall–Kier alpha value is -1.23. The van der Waals surface area contributed by atoms with Gasteiger partial charge in [0.05, 0.1) is 5.69 Å². The molecule has 1 aromatic heterocycles. The van der Waals surface area contributed by atoms with Crippen LogP contribution >= 0.6 is 0 Å². The van der Waals surface area contributed by atoms with Crippen LogP contribution in [0.3, 0.4) is 0 Å². The highest BCUT2D eigenvalue weighted by Crippen LogP contribution is 2.19. The lowest BCUT2D eigenvalue weighted by Crippen LogP contribution is -2.35. The molecule has 0 aliphatic carbocycles. The van der Waals surface area contributed by atoms with Gasteiger partial charge in [-0.05, 0) is 44.8 Å². The molecule has 0 unspecified atom stereocenters. The summed E-state index contributed by atoms with van der Waals surface area (Å²) in [5.41, 5.74) is 0.485. The van der Waals surface area contributed by atoms with E-state index in [0.29, 0.717) is 23.9 Å². The minimum Gasteiger partial charge on any atom is -0.367 e. The summed E-state index contributed by atoms with van der Waals surface area (Å²) >= 11 is 0. The lowest BCUT2D eigenvalue weighted by molar-refractivity contribution is 0.198. The van der Waals surface area contributed by atoms with Crippen LogP contribution in [0.25, 0.3) is 0 Å². The number of hydrogen-bond donors (Lipinski definition) is 1. The first-order chi connectivity index (χ1) is 9.24. The third-order valence-electron chi connectivity index (χ3n) is 3.91. The lowest BCUT2D eigenvalue weighted by atomic mass is 9.97. The third-order valence-corrected chi connectivity index (χ3v) is 3.91. The molecule has 0 aromatic carbocycles. The quantitative estimate of drug-likeness (QED) is 0.888. The van der Waals surface area contributed by atoms with E-state index < -0.39 is 0 Å². The first-order valence-electron chi connectivity index (χ1n) is 7.20. The largest absolute Gasteiger partial charge is 0.367 e. The number of nitrogens with one attached hydrogen (secondary N) is 1. The second-order valence-electron chi connectivity index (χ2n) is 5.10. The molecule has 4 nitrogen and oxygen atoms in total. The molecule has 0 bridgehead atoms. The van der Waals surface area contributed by atoms with Crippen molar-refractivity contribution in [3.05, 3.63) is 17.8 Å². The first-order valence-corrected chi connectivity index (χ1v) is 7.20. The van der Waals surface area contributed by atoms with Crippen LogP contribution in [-0.4, -0.2) is 41.0 Å². The number of rotatable bonds is 5. The lowest BCUT2D eigenvalue weighted by Gasteiger charge is -2.31. The Bertz CT molecular complexity index is 402. The van der Waals surface area contributed by atoms with Crippen molar-refractivity contribution in [3.63, 3.8) is 0 Å². The van der Waals surface area contributed by atoms with E-state index in [1.807, 2.05) is 6.92 Å². The Morgan fingerprint density at radius 2 is 2.05 bits per heavy atom. The number of hydrogen-bond acceptors (Lipinski definition) is 4. The van der Waals surface area contributed by atoms with Gasteiger partial charge in [-0.3, -0.25) is 0 Å². The van der Waals surface area contributed by atoms with Crippen molar-refractivity contribution in [2.75, 3.05) is 31.5 Å². The number of anilines is 1. The van der Waals surface area contributed by atoms with Crippen molar-refractivity contribution in [1.82, 2.24) is 14.9 Å². The molecule has 106 valence electrons. The zero-order valence-electron chi connectivity index (χ0n) is 11.8. The predicted octanol–water partition coefficient (Wildman–Crippen LogP) is 2.32. The molecule has 1 N–H and O–H groups in total. The van der Waals surface area contributed by atoms with Crippen LogP contribution in [0.1, 0.15) is 32.4 Å². The Kier molecular flexibility index (Phi) is 5.07. The SMILES string of the molecule is CCc1ncnc(NCC2CCN(CC)CC2)c1F. The summed E-state index contributed by atoms with van der Waals surface area (Å²) in [5.74, 6) is 0.669. The summed E-state index contributed by atoms with van der Waals surface area (Å²) in [6.45, 7) is 8.32. The number of halogens is 1. The fourth-order valence-corrected chi connectivity index (χ4v) is 2.52. The highest BCUT2D eigenvalue weighted by Gasteiger charge is 2.18. The highest BCUT2D eigenvalue weighted by molar-refractivity contribution is 5.37. The van der Waals surface area contributed by atoms with Crippen molar-refractivity contribution in [2.45, 2.75) is 33.1 Å². The van der Waals surface area contributed by atoms with Crippen LogP contribution in [0.15, 0.2) is 6.33 Å². The smallest absolute Gasteiger partial charge is 0.186 e. The number of aryl methyl sites for hydroxylation is 1. The average Bonchev–Trinajstić information content (AvgIpc) is 2.47. The summed E-state index contributed by atoms with van der Waals surface area (Å²) in [7, 11) is 0. The maximum Gasteiger partial charge on any atom is 0.186 e. The number of piperidine rings is 1. The fourth-order valence-electron chi connectivity index (χ4n) is 2.52. The van der Waals surface area contributed by atoms with E-state index in [1.54, 1.807) is 0 Å². The van der Waals surface area contributed by atoms with Gasteiger partial charge in [0.25, 0.3) is 0 Å². The van der Waals surface area contributed by atoms with Crippen LogP contribution in [0.4, 0.5) is 10.2 Å². The topological polar surface area (TPSA) is 41.1 Å². The second-order valence-corrected chi connectivity index (χ2v) is 5.10. The van der Waals surface area contributed by atoms with Gasteiger partial charge in [-0.15, -0.1) is 0 Å². The number of likely N-dealkylation sites (tertiary alicyclic amines) is 1. The normalized spacial score (nSPS) is 17.6. The fraction of sp³-hybridized carbons (Fsp3) is 0.714. The molecule has 1 aromatic rings. The maximum absolute atomic E-state index is 13.9. The van der Waals surface area contributed by atoms with Crippen LogP contribution in [-0.2, 0) is 6.42 Å². The van der Waals surface area contributed by atoms with E-state index in [-0.39, 0.29) is 5.82 Å². The molecule has 0 radical (unpaired) electrons. The van der Waals surface area contributed by atoms with Crippen molar-refractivity contribution < 1.29 is 4.39 Å². The molecule has 1 aliphatic rings. The first kappa shape index (κ1) is 14.2. The maximum atomic E-state index is 13.9. The molecule has 2 heterocycles. The molecule has 2 rings (SSSR count). The molecule has 0 saturated carbocycles. The molecular formula is C14H23FN4. The minimum absolute atomic E-state index is 0.295. The Morgan fingerprint density at radius 3 is 2.68 bits per heavy atom. The molecular weight excluding hydrogens is 243 g/mol. The van der Waals surface area contributed by atoms with Gasteiger partial charge < -0.3 is 10.2 Å².